The zero-order valence-corrected chi connectivity index (χ0v) is 32.7. The number of aromatic amines is 1. The minimum absolute atomic E-state index is 0.0220. The van der Waals surface area contributed by atoms with E-state index in [2.05, 4.69) is 41.5 Å². The van der Waals surface area contributed by atoms with Crippen molar-refractivity contribution >= 4 is 41.0 Å². The number of nitrogens with one attached hydrogen (secondary N) is 6. The number of aliphatic imine (C=N–C) groups is 1. The van der Waals surface area contributed by atoms with E-state index >= 15 is 13.2 Å². The molecule has 5 aliphatic rings. The average Bonchev–Trinajstić information content (AvgIpc) is 3.23. The highest BCUT2D eigenvalue weighted by Crippen LogP contribution is 2.32. The van der Waals surface area contributed by atoms with Gasteiger partial charge >= 0.3 is 0 Å². The fraction of sp³-hybridized carbons (Fsp3) is 0.465. The maximum absolute atomic E-state index is 15.7. The molecule has 312 valence electrons. The van der Waals surface area contributed by atoms with Gasteiger partial charge in [0.25, 0.3) is 5.56 Å². The molecule has 1 aromatic heterocycles. The Balaban J connectivity index is 0.754. The summed E-state index contributed by atoms with van der Waals surface area (Å²) in [5, 5.41) is 15.2. The summed E-state index contributed by atoms with van der Waals surface area (Å²) in [6.07, 6.45) is 6.56. The van der Waals surface area contributed by atoms with Crippen LogP contribution in [-0.2, 0) is 14.4 Å². The highest BCUT2D eigenvalue weighted by atomic mass is 19.1. The molecule has 3 saturated heterocycles. The number of likely N-dealkylation sites (tertiary alicyclic amines) is 1. The largest absolute Gasteiger partial charge is 0.374 e. The van der Waals surface area contributed by atoms with Crippen LogP contribution in [0.2, 0.25) is 0 Å². The van der Waals surface area contributed by atoms with Crippen molar-refractivity contribution in [3.8, 4) is 11.1 Å². The molecular formula is C43H50F3N9O4. The number of piperidine rings is 3. The third-order valence-corrected chi connectivity index (χ3v) is 12.3. The predicted octanol–water partition coefficient (Wildman–Crippen LogP) is 4.34. The Bertz CT molecular complexity index is 2160. The van der Waals surface area contributed by atoms with E-state index in [4.69, 9.17) is 0 Å². The van der Waals surface area contributed by atoms with Gasteiger partial charge in [-0.05, 0) is 93.3 Å². The molecule has 8 rings (SSSR count). The molecule has 4 unspecified atom stereocenters. The number of rotatable bonds is 10. The first-order chi connectivity index (χ1) is 28.6. The minimum Gasteiger partial charge on any atom is -0.374 e. The van der Waals surface area contributed by atoms with Crippen LogP contribution in [-0.4, -0.2) is 96.6 Å². The number of anilines is 2. The molecule has 5 heterocycles. The standard InChI is InChI=1S/C43H50F3N9O4/c44-32-22-30(49-35-11-13-38(56)52-42(35)59)10-12-36(32)55-20-16-37(34(46)24-55)54-18-14-29(15-19-54)50-40(57)25-6-8-28(9-7-25)51-43-48-23-33(45)39(53-43)27-4-1-3-26(21-27)31-5-2-17-47-41(31)58/h1-5,10,12,17,21-23,25,28-29,34-35,37,43,49,51,53H,6-9,11,13-16,18-20,24H2,(H,47,58)(H,50,57)(H,52,56,59). The lowest BCUT2D eigenvalue weighted by molar-refractivity contribution is -0.133. The predicted molar refractivity (Wildman–Crippen MR) is 219 cm³/mol. The first kappa shape index (κ1) is 40.3. The van der Waals surface area contributed by atoms with Gasteiger partial charge in [-0.2, -0.15) is 0 Å². The molecule has 59 heavy (non-hydrogen) atoms. The van der Waals surface area contributed by atoms with Crippen molar-refractivity contribution in [2.75, 3.05) is 36.4 Å². The number of aromatic nitrogens is 1. The number of pyridine rings is 1. The Hall–Kier alpha value is -5.48. The molecule has 4 atom stereocenters. The number of amides is 3. The number of hydrogen-bond donors (Lipinski definition) is 6. The molecule has 13 nitrogen and oxygen atoms in total. The van der Waals surface area contributed by atoms with E-state index in [9.17, 15) is 19.2 Å². The third kappa shape index (κ3) is 9.38. The number of imide groups is 1. The molecule has 0 radical (unpaired) electrons. The van der Waals surface area contributed by atoms with Gasteiger partial charge in [0.1, 0.15) is 18.0 Å². The van der Waals surface area contributed by atoms with Gasteiger partial charge in [0.2, 0.25) is 17.7 Å². The van der Waals surface area contributed by atoms with Gasteiger partial charge in [-0.3, -0.25) is 39.7 Å². The summed E-state index contributed by atoms with van der Waals surface area (Å²) >= 11 is 0. The van der Waals surface area contributed by atoms with Crippen LogP contribution in [0, 0.1) is 11.7 Å². The second-order valence-corrected chi connectivity index (χ2v) is 16.2. The summed E-state index contributed by atoms with van der Waals surface area (Å²) < 4.78 is 45.9. The van der Waals surface area contributed by atoms with E-state index < -0.39 is 36.1 Å². The molecule has 3 amide bonds. The number of carbonyl (C=O) groups is 3. The van der Waals surface area contributed by atoms with Crippen molar-refractivity contribution in [3.63, 3.8) is 0 Å². The smallest absolute Gasteiger partial charge is 0.255 e. The Morgan fingerprint density at radius 1 is 0.847 bits per heavy atom. The van der Waals surface area contributed by atoms with E-state index in [1.807, 2.05) is 6.07 Å². The zero-order chi connectivity index (χ0) is 41.0. The van der Waals surface area contributed by atoms with E-state index in [1.54, 1.807) is 53.6 Å². The topological polar surface area (TPSA) is 163 Å². The highest BCUT2D eigenvalue weighted by Gasteiger charge is 2.37. The lowest BCUT2D eigenvalue weighted by Gasteiger charge is -2.44. The molecule has 4 fully saturated rings. The van der Waals surface area contributed by atoms with Crippen LogP contribution in [0.4, 0.5) is 24.5 Å². The van der Waals surface area contributed by atoms with Gasteiger partial charge in [-0.25, -0.2) is 13.2 Å². The van der Waals surface area contributed by atoms with Crippen LogP contribution >= 0.6 is 0 Å². The third-order valence-electron chi connectivity index (χ3n) is 12.3. The number of benzene rings is 2. The Kier molecular flexibility index (Phi) is 12.2. The summed E-state index contributed by atoms with van der Waals surface area (Å²) in [7, 11) is 0. The van der Waals surface area contributed by atoms with Crippen LogP contribution < -0.4 is 37.0 Å². The lowest BCUT2D eigenvalue weighted by atomic mass is 9.85. The first-order valence-corrected chi connectivity index (χ1v) is 20.6. The number of nitrogens with zero attached hydrogens (tertiary/aromatic N) is 3. The fourth-order valence-electron chi connectivity index (χ4n) is 9.09. The molecule has 1 saturated carbocycles. The second-order valence-electron chi connectivity index (χ2n) is 16.2. The lowest BCUT2D eigenvalue weighted by Crippen LogP contribution is -2.56. The molecular weight excluding hydrogens is 764 g/mol. The second kappa shape index (κ2) is 17.8. The van der Waals surface area contributed by atoms with Crippen molar-refractivity contribution in [1.82, 2.24) is 31.2 Å². The van der Waals surface area contributed by atoms with Crippen LogP contribution in [0.3, 0.4) is 0 Å². The van der Waals surface area contributed by atoms with Crippen LogP contribution in [0.25, 0.3) is 16.8 Å². The Morgan fingerprint density at radius 2 is 1.64 bits per heavy atom. The molecule has 0 spiro atoms. The average molecular weight is 814 g/mol. The maximum Gasteiger partial charge on any atom is 0.255 e. The number of carbonyl (C=O) groups excluding carboxylic acids is 3. The number of H-pyrrole nitrogens is 1. The van der Waals surface area contributed by atoms with Crippen molar-refractivity contribution in [2.45, 2.75) is 94.4 Å². The van der Waals surface area contributed by atoms with E-state index in [0.29, 0.717) is 79.1 Å². The maximum atomic E-state index is 15.7. The van der Waals surface area contributed by atoms with Crippen molar-refractivity contribution in [1.29, 1.82) is 0 Å². The summed E-state index contributed by atoms with van der Waals surface area (Å²) in [5.41, 5.74) is 2.57. The van der Waals surface area contributed by atoms with Gasteiger partial charge in [0.15, 0.2) is 12.1 Å². The number of allylic oxidation sites excluding steroid dienone is 1. The molecule has 0 bridgehead atoms. The fourth-order valence-corrected chi connectivity index (χ4v) is 9.09. The van der Waals surface area contributed by atoms with Gasteiger partial charge in [-0.1, -0.05) is 18.2 Å². The zero-order valence-electron chi connectivity index (χ0n) is 32.7. The van der Waals surface area contributed by atoms with Crippen LogP contribution in [0.5, 0.6) is 0 Å². The quantitative estimate of drug-likeness (QED) is 0.164. The Morgan fingerprint density at radius 3 is 2.39 bits per heavy atom. The summed E-state index contributed by atoms with van der Waals surface area (Å²) in [5.74, 6) is -1.81. The van der Waals surface area contributed by atoms with E-state index in [-0.39, 0.29) is 54.4 Å². The molecule has 16 heteroatoms. The van der Waals surface area contributed by atoms with E-state index in [1.165, 1.54) is 12.3 Å². The summed E-state index contributed by atoms with van der Waals surface area (Å²) in [4.78, 5) is 60.1. The SMILES string of the molecule is O=C1CCC(Nc2ccc(N3CCC(N4CCC(NC(=O)C5CCC(NC6N=CC(F)=C(c7cccc(-c8ccc[nH]c8=O)c7)N6)CC5)CC4)C(F)C3)c(F)c2)C(=O)N1. The number of halogens is 3. The molecule has 4 aliphatic heterocycles. The van der Waals surface area contributed by atoms with Gasteiger partial charge < -0.3 is 25.8 Å². The molecule has 2 aromatic carbocycles. The van der Waals surface area contributed by atoms with Crippen LogP contribution in [0.15, 0.2) is 76.4 Å². The molecule has 6 N–H and O–H groups in total. The molecule has 1 aliphatic carbocycles. The van der Waals surface area contributed by atoms with Crippen molar-refractivity contribution < 1.29 is 27.6 Å². The normalized spacial score (nSPS) is 26.9. The van der Waals surface area contributed by atoms with Crippen LogP contribution in [0.1, 0.15) is 63.4 Å². The summed E-state index contributed by atoms with van der Waals surface area (Å²) in [6, 6.07) is 14.4. The van der Waals surface area contributed by atoms with Gasteiger partial charge in [0, 0.05) is 73.1 Å². The first-order valence-electron chi connectivity index (χ1n) is 20.6. The van der Waals surface area contributed by atoms with Gasteiger partial charge in [-0.15, -0.1) is 0 Å². The minimum atomic E-state index is -1.17. The van der Waals surface area contributed by atoms with Crippen molar-refractivity contribution in [3.05, 3.63) is 88.4 Å². The highest BCUT2D eigenvalue weighted by molar-refractivity contribution is 6.01. The van der Waals surface area contributed by atoms with Crippen molar-refractivity contribution in [2.24, 2.45) is 10.9 Å². The van der Waals surface area contributed by atoms with Gasteiger partial charge in [0.05, 0.1) is 24.1 Å². The monoisotopic (exact) mass is 813 g/mol. The number of hydrogen-bond acceptors (Lipinski definition) is 10. The molecule has 3 aromatic rings. The Labute approximate surface area is 340 Å². The van der Waals surface area contributed by atoms with E-state index in [0.717, 1.165) is 25.7 Å². The number of alkyl halides is 1. The summed E-state index contributed by atoms with van der Waals surface area (Å²) in [6.45, 7) is 1.91.